The van der Waals surface area contributed by atoms with Crippen molar-refractivity contribution in [2.75, 3.05) is 14.2 Å². The molecule has 0 spiro atoms. The van der Waals surface area contributed by atoms with E-state index < -0.39 is 0 Å². The molecule has 4 heteroatoms. The summed E-state index contributed by atoms with van der Waals surface area (Å²) in [4.78, 5) is 10.9. The maximum Gasteiger partial charge on any atom is 0.307 e. The summed E-state index contributed by atoms with van der Waals surface area (Å²) in [5, 5.41) is 0. The number of carbonyl (C=O) groups is 1. The molecular weight excluding hydrogens is 170 g/mol. The van der Waals surface area contributed by atoms with E-state index in [9.17, 15) is 4.79 Å². The zero-order chi connectivity index (χ0) is 9.84. The van der Waals surface area contributed by atoms with Gasteiger partial charge in [-0.3, -0.25) is 4.79 Å². The number of hydrogen-bond donors (Lipinski definition) is 1. The lowest BCUT2D eigenvalue weighted by molar-refractivity contribution is -0.141. The predicted octanol–water partition coefficient (Wildman–Crippen LogP) is 0.302. The van der Waals surface area contributed by atoms with Crippen LogP contribution in [0.5, 0.6) is 0 Å². The zero-order valence-electron chi connectivity index (χ0n) is 8.16. The van der Waals surface area contributed by atoms with Crippen molar-refractivity contribution >= 4 is 5.97 Å². The van der Waals surface area contributed by atoms with Gasteiger partial charge in [0.1, 0.15) is 0 Å². The van der Waals surface area contributed by atoms with Gasteiger partial charge < -0.3 is 15.2 Å². The average Bonchev–Trinajstić information content (AvgIpc) is 2.02. The van der Waals surface area contributed by atoms with Crippen molar-refractivity contribution in [3.8, 4) is 0 Å². The SMILES string of the molecule is COC(=O)CC(N)C1CC(OC)C1. The second kappa shape index (κ2) is 4.58. The van der Waals surface area contributed by atoms with Crippen LogP contribution in [0, 0.1) is 5.92 Å². The summed E-state index contributed by atoms with van der Waals surface area (Å²) in [7, 11) is 3.08. The third-order valence-corrected chi connectivity index (χ3v) is 2.70. The van der Waals surface area contributed by atoms with Crippen molar-refractivity contribution < 1.29 is 14.3 Å². The molecule has 1 fully saturated rings. The molecule has 1 aliphatic rings. The smallest absolute Gasteiger partial charge is 0.307 e. The van der Waals surface area contributed by atoms with Crippen molar-refractivity contribution in [2.45, 2.75) is 31.4 Å². The van der Waals surface area contributed by atoms with Gasteiger partial charge in [-0.2, -0.15) is 0 Å². The van der Waals surface area contributed by atoms with Gasteiger partial charge in [-0.1, -0.05) is 0 Å². The van der Waals surface area contributed by atoms with Crippen LogP contribution >= 0.6 is 0 Å². The quantitative estimate of drug-likeness (QED) is 0.643. The highest BCUT2D eigenvalue weighted by Crippen LogP contribution is 2.32. The van der Waals surface area contributed by atoms with Crippen LogP contribution in [-0.2, 0) is 14.3 Å². The van der Waals surface area contributed by atoms with Crippen molar-refractivity contribution in [3.63, 3.8) is 0 Å². The van der Waals surface area contributed by atoms with E-state index in [-0.39, 0.29) is 12.0 Å². The van der Waals surface area contributed by atoms with Crippen LogP contribution < -0.4 is 5.73 Å². The van der Waals surface area contributed by atoms with E-state index in [1.807, 2.05) is 0 Å². The highest BCUT2D eigenvalue weighted by atomic mass is 16.5. The van der Waals surface area contributed by atoms with Crippen LogP contribution in [-0.4, -0.2) is 32.3 Å². The van der Waals surface area contributed by atoms with E-state index in [0.29, 0.717) is 18.4 Å². The van der Waals surface area contributed by atoms with Gasteiger partial charge in [0.15, 0.2) is 0 Å². The second-order valence-corrected chi connectivity index (χ2v) is 3.53. The molecule has 1 saturated carbocycles. The number of ether oxygens (including phenoxy) is 2. The molecule has 0 bridgehead atoms. The summed E-state index contributed by atoms with van der Waals surface area (Å²) in [6.45, 7) is 0. The van der Waals surface area contributed by atoms with Gasteiger partial charge in [0.25, 0.3) is 0 Å². The highest BCUT2D eigenvalue weighted by molar-refractivity contribution is 5.69. The average molecular weight is 187 g/mol. The molecule has 0 aliphatic heterocycles. The van der Waals surface area contributed by atoms with Crippen molar-refractivity contribution in [1.82, 2.24) is 0 Å². The van der Waals surface area contributed by atoms with Crippen LogP contribution in [0.25, 0.3) is 0 Å². The van der Waals surface area contributed by atoms with Crippen LogP contribution in [0.1, 0.15) is 19.3 Å². The van der Waals surface area contributed by atoms with Gasteiger partial charge in [0.05, 0.1) is 19.6 Å². The summed E-state index contributed by atoms with van der Waals surface area (Å²) in [5.74, 6) is 0.192. The third-order valence-electron chi connectivity index (χ3n) is 2.70. The van der Waals surface area contributed by atoms with Crippen molar-refractivity contribution in [3.05, 3.63) is 0 Å². The molecule has 0 aromatic rings. The normalized spacial score (nSPS) is 29.2. The van der Waals surface area contributed by atoms with Crippen LogP contribution in [0.2, 0.25) is 0 Å². The monoisotopic (exact) mass is 187 g/mol. The molecule has 0 radical (unpaired) electrons. The minimum absolute atomic E-state index is 0.0705. The fraction of sp³-hybridized carbons (Fsp3) is 0.889. The highest BCUT2D eigenvalue weighted by Gasteiger charge is 2.34. The largest absolute Gasteiger partial charge is 0.469 e. The Bertz CT molecular complexity index is 178. The molecule has 4 nitrogen and oxygen atoms in total. The van der Waals surface area contributed by atoms with E-state index in [2.05, 4.69) is 4.74 Å². The second-order valence-electron chi connectivity index (χ2n) is 3.53. The topological polar surface area (TPSA) is 61.5 Å². The van der Waals surface area contributed by atoms with Gasteiger partial charge in [-0.05, 0) is 18.8 Å². The lowest BCUT2D eigenvalue weighted by Gasteiger charge is -2.37. The fourth-order valence-corrected chi connectivity index (χ4v) is 1.59. The molecule has 0 heterocycles. The summed E-state index contributed by atoms with van der Waals surface area (Å²) in [6, 6.07) is -0.0705. The Labute approximate surface area is 78.4 Å². The van der Waals surface area contributed by atoms with Gasteiger partial charge in [-0.25, -0.2) is 0 Å². The molecule has 76 valence electrons. The molecule has 0 aromatic heterocycles. The molecule has 0 saturated heterocycles. The van der Waals surface area contributed by atoms with Crippen LogP contribution in [0.4, 0.5) is 0 Å². The van der Waals surface area contributed by atoms with E-state index in [1.54, 1.807) is 7.11 Å². The molecule has 0 amide bonds. The van der Waals surface area contributed by atoms with E-state index in [1.165, 1.54) is 7.11 Å². The Morgan fingerprint density at radius 2 is 2.15 bits per heavy atom. The molecule has 2 N–H and O–H groups in total. The molecular formula is C9H17NO3. The Morgan fingerprint density at radius 1 is 1.54 bits per heavy atom. The molecule has 1 atom stereocenters. The van der Waals surface area contributed by atoms with Gasteiger partial charge in [0, 0.05) is 13.2 Å². The van der Waals surface area contributed by atoms with E-state index in [0.717, 1.165) is 12.8 Å². The number of rotatable bonds is 4. The first-order valence-corrected chi connectivity index (χ1v) is 4.52. The fourth-order valence-electron chi connectivity index (χ4n) is 1.59. The summed E-state index contributed by atoms with van der Waals surface area (Å²) in [5.41, 5.74) is 5.82. The minimum atomic E-state index is -0.228. The van der Waals surface area contributed by atoms with Crippen LogP contribution in [0.15, 0.2) is 0 Å². The molecule has 1 aliphatic carbocycles. The van der Waals surface area contributed by atoms with Crippen molar-refractivity contribution in [2.24, 2.45) is 11.7 Å². The molecule has 13 heavy (non-hydrogen) atoms. The van der Waals surface area contributed by atoms with Gasteiger partial charge >= 0.3 is 5.97 Å². The predicted molar refractivity (Wildman–Crippen MR) is 48.1 cm³/mol. The minimum Gasteiger partial charge on any atom is -0.469 e. The Hall–Kier alpha value is -0.610. The number of nitrogens with two attached hydrogens (primary N) is 1. The Kier molecular flexibility index (Phi) is 3.69. The van der Waals surface area contributed by atoms with Crippen molar-refractivity contribution in [1.29, 1.82) is 0 Å². The Balaban J connectivity index is 2.19. The zero-order valence-corrected chi connectivity index (χ0v) is 8.16. The molecule has 1 rings (SSSR count). The number of esters is 1. The first-order chi connectivity index (χ1) is 6.17. The Morgan fingerprint density at radius 3 is 2.62 bits per heavy atom. The van der Waals surface area contributed by atoms with E-state index >= 15 is 0 Å². The molecule has 0 aromatic carbocycles. The maximum atomic E-state index is 10.9. The third kappa shape index (κ3) is 2.67. The number of carbonyl (C=O) groups excluding carboxylic acids is 1. The van der Waals surface area contributed by atoms with Crippen LogP contribution in [0.3, 0.4) is 0 Å². The first kappa shape index (κ1) is 10.5. The lowest BCUT2D eigenvalue weighted by Crippen LogP contribution is -2.43. The summed E-state index contributed by atoms with van der Waals surface area (Å²) < 4.78 is 9.67. The number of hydrogen-bond acceptors (Lipinski definition) is 4. The summed E-state index contributed by atoms with van der Waals surface area (Å²) >= 11 is 0. The van der Waals surface area contributed by atoms with E-state index in [4.69, 9.17) is 10.5 Å². The lowest BCUT2D eigenvalue weighted by atomic mass is 9.76. The van der Waals surface area contributed by atoms with Gasteiger partial charge in [-0.15, -0.1) is 0 Å². The maximum absolute atomic E-state index is 10.9. The van der Waals surface area contributed by atoms with Gasteiger partial charge in [0.2, 0.25) is 0 Å². The number of methoxy groups -OCH3 is 2. The standard InChI is InChI=1S/C9H17NO3/c1-12-7-3-6(4-7)8(10)5-9(11)13-2/h6-8H,3-5,10H2,1-2H3. The summed E-state index contributed by atoms with van der Waals surface area (Å²) in [6.07, 6.45) is 2.59. The molecule has 1 unspecified atom stereocenters. The first-order valence-electron chi connectivity index (χ1n) is 4.52.